The molecule has 2 N–H and O–H groups in total. The van der Waals surface area contributed by atoms with Gasteiger partial charge >= 0.3 is 0 Å². The van der Waals surface area contributed by atoms with Crippen molar-refractivity contribution in [1.82, 2.24) is 0 Å². The fraction of sp³-hybridized carbons (Fsp3) is 0.125. The average molecular weight is 213 g/mol. The van der Waals surface area contributed by atoms with Gasteiger partial charge in [0.1, 0.15) is 4.62 Å². The van der Waals surface area contributed by atoms with Crippen molar-refractivity contribution in [2.45, 2.75) is 6.42 Å². The van der Waals surface area contributed by atoms with E-state index in [0.29, 0.717) is 0 Å². The molecule has 0 fully saturated rings. The number of benzene rings is 1. The molecule has 0 aromatic heterocycles. The first-order valence-corrected chi connectivity index (χ1v) is 4.08. The summed E-state index contributed by atoms with van der Waals surface area (Å²) in [5, 5.41) is 3.52. The SMILES string of the molecule is NN=C(Br)Cc1ccccc1. The van der Waals surface area contributed by atoms with Gasteiger partial charge in [0, 0.05) is 6.42 Å². The lowest BCUT2D eigenvalue weighted by molar-refractivity contribution is 1.22. The Hall–Kier alpha value is -0.830. The zero-order valence-electron chi connectivity index (χ0n) is 6.00. The smallest absolute Gasteiger partial charge is 0.107 e. The third kappa shape index (κ3) is 2.72. The van der Waals surface area contributed by atoms with Crippen molar-refractivity contribution >= 4 is 20.6 Å². The number of rotatable bonds is 2. The van der Waals surface area contributed by atoms with E-state index in [1.54, 1.807) is 0 Å². The van der Waals surface area contributed by atoms with E-state index in [0.717, 1.165) is 11.0 Å². The lowest BCUT2D eigenvalue weighted by atomic mass is 10.2. The van der Waals surface area contributed by atoms with Gasteiger partial charge in [-0.05, 0) is 21.5 Å². The summed E-state index contributed by atoms with van der Waals surface area (Å²) < 4.78 is 0.767. The van der Waals surface area contributed by atoms with E-state index in [-0.39, 0.29) is 0 Å². The summed E-state index contributed by atoms with van der Waals surface area (Å²) in [6.45, 7) is 0. The summed E-state index contributed by atoms with van der Waals surface area (Å²) in [6.07, 6.45) is 0.761. The molecule has 3 heteroatoms. The van der Waals surface area contributed by atoms with Crippen molar-refractivity contribution in [1.29, 1.82) is 0 Å². The summed E-state index contributed by atoms with van der Waals surface area (Å²) in [7, 11) is 0. The van der Waals surface area contributed by atoms with Crippen LogP contribution in [0.2, 0.25) is 0 Å². The van der Waals surface area contributed by atoms with E-state index in [4.69, 9.17) is 5.84 Å². The lowest BCUT2D eigenvalue weighted by Gasteiger charge is -1.96. The molecule has 0 aliphatic heterocycles. The first-order valence-electron chi connectivity index (χ1n) is 3.29. The molecule has 0 unspecified atom stereocenters. The maximum absolute atomic E-state index is 5.06. The maximum Gasteiger partial charge on any atom is 0.107 e. The molecule has 2 nitrogen and oxygen atoms in total. The molecule has 0 aliphatic rings. The highest BCUT2D eigenvalue weighted by molar-refractivity contribution is 9.18. The Morgan fingerprint density at radius 2 is 2.00 bits per heavy atom. The summed E-state index contributed by atoms with van der Waals surface area (Å²) in [4.78, 5) is 0. The van der Waals surface area contributed by atoms with Crippen LogP contribution < -0.4 is 5.84 Å². The van der Waals surface area contributed by atoms with Gasteiger partial charge in [-0.15, -0.1) is 0 Å². The molecule has 0 heterocycles. The first-order chi connectivity index (χ1) is 5.33. The Balaban J connectivity index is 2.65. The summed E-state index contributed by atoms with van der Waals surface area (Å²) in [5.41, 5.74) is 1.20. The second-order valence-electron chi connectivity index (χ2n) is 2.17. The molecule has 0 aliphatic carbocycles. The number of nitrogens with two attached hydrogens (primary N) is 1. The minimum atomic E-state index is 0.761. The molecule has 58 valence electrons. The van der Waals surface area contributed by atoms with Crippen LogP contribution in [0.4, 0.5) is 0 Å². The highest BCUT2D eigenvalue weighted by atomic mass is 79.9. The predicted molar refractivity (Wildman–Crippen MR) is 50.7 cm³/mol. The van der Waals surface area contributed by atoms with Crippen molar-refractivity contribution in [3.8, 4) is 0 Å². The molecule has 0 amide bonds. The number of hydrogen-bond acceptors (Lipinski definition) is 2. The molecule has 0 atom stereocenters. The molecule has 0 spiro atoms. The van der Waals surface area contributed by atoms with Crippen molar-refractivity contribution in [2.75, 3.05) is 0 Å². The molecule has 0 radical (unpaired) electrons. The van der Waals surface area contributed by atoms with Crippen molar-refractivity contribution < 1.29 is 0 Å². The van der Waals surface area contributed by atoms with E-state index >= 15 is 0 Å². The quantitative estimate of drug-likeness (QED) is 0.454. The Labute approximate surface area is 74.2 Å². The van der Waals surface area contributed by atoms with Crippen molar-refractivity contribution in [3.63, 3.8) is 0 Å². The standard InChI is InChI=1S/C8H9BrN2/c9-8(11-10)6-7-4-2-1-3-5-7/h1-5H,6,10H2. The third-order valence-corrected chi connectivity index (χ3v) is 1.82. The second-order valence-corrected chi connectivity index (χ2v) is 3.08. The molecule has 1 aromatic rings. The van der Waals surface area contributed by atoms with E-state index < -0.39 is 0 Å². The van der Waals surface area contributed by atoms with Crippen LogP contribution in [-0.2, 0) is 6.42 Å². The van der Waals surface area contributed by atoms with Crippen LogP contribution in [0.3, 0.4) is 0 Å². The number of hydrazone groups is 1. The molecule has 11 heavy (non-hydrogen) atoms. The highest BCUT2D eigenvalue weighted by Crippen LogP contribution is 2.03. The Bertz CT molecular complexity index is 244. The third-order valence-electron chi connectivity index (χ3n) is 1.33. The lowest BCUT2D eigenvalue weighted by Crippen LogP contribution is -1.96. The fourth-order valence-electron chi connectivity index (χ4n) is 0.810. The van der Waals surface area contributed by atoms with Crippen LogP contribution in [0.15, 0.2) is 35.4 Å². The van der Waals surface area contributed by atoms with Gasteiger partial charge in [0.25, 0.3) is 0 Å². The van der Waals surface area contributed by atoms with Gasteiger partial charge in [-0.1, -0.05) is 30.3 Å². The molecule has 1 aromatic carbocycles. The van der Waals surface area contributed by atoms with Gasteiger partial charge in [0.2, 0.25) is 0 Å². The molecular formula is C8H9BrN2. The zero-order chi connectivity index (χ0) is 8.10. The molecule has 0 saturated heterocycles. The maximum atomic E-state index is 5.06. The number of nitrogens with zero attached hydrogens (tertiary/aromatic N) is 1. The largest absolute Gasteiger partial charge is 0.323 e. The van der Waals surface area contributed by atoms with Gasteiger partial charge in [-0.2, -0.15) is 5.10 Å². The topological polar surface area (TPSA) is 38.4 Å². The van der Waals surface area contributed by atoms with Crippen molar-refractivity contribution in [3.05, 3.63) is 35.9 Å². The van der Waals surface area contributed by atoms with Crippen LogP contribution in [0, 0.1) is 0 Å². The van der Waals surface area contributed by atoms with Crippen LogP contribution >= 0.6 is 15.9 Å². The second kappa shape index (κ2) is 4.13. The molecule has 0 bridgehead atoms. The van der Waals surface area contributed by atoms with Gasteiger partial charge in [0.15, 0.2) is 0 Å². The van der Waals surface area contributed by atoms with E-state index in [9.17, 15) is 0 Å². The monoisotopic (exact) mass is 212 g/mol. The summed E-state index contributed by atoms with van der Waals surface area (Å²) in [6, 6.07) is 10.0. The van der Waals surface area contributed by atoms with Gasteiger partial charge < -0.3 is 5.84 Å². The van der Waals surface area contributed by atoms with Gasteiger partial charge in [-0.25, -0.2) is 0 Å². The van der Waals surface area contributed by atoms with Crippen LogP contribution in [-0.4, -0.2) is 4.62 Å². The Morgan fingerprint density at radius 1 is 1.36 bits per heavy atom. The minimum Gasteiger partial charge on any atom is -0.323 e. The summed E-state index contributed by atoms with van der Waals surface area (Å²) >= 11 is 3.24. The van der Waals surface area contributed by atoms with E-state index in [2.05, 4.69) is 21.0 Å². The summed E-state index contributed by atoms with van der Waals surface area (Å²) in [5.74, 6) is 5.06. The van der Waals surface area contributed by atoms with Crippen LogP contribution in [0.5, 0.6) is 0 Å². The van der Waals surface area contributed by atoms with E-state index in [1.165, 1.54) is 5.56 Å². The van der Waals surface area contributed by atoms with Crippen LogP contribution in [0.25, 0.3) is 0 Å². The number of halogens is 1. The van der Waals surface area contributed by atoms with Crippen molar-refractivity contribution in [2.24, 2.45) is 10.9 Å². The van der Waals surface area contributed by atoms with Gasteiger partial charge in [-0.3, -0.25) is 0 Å². The van der Waals surface area contributed by atoms with Gasteiger partial charge in [0.05, 0.1) is 0 Å². The fourth-order valence-corrected chi connectivity index (χ4v) is 1.13. The Kier molecular flexibility index (Phi) is 3.11. The number of hydrogen-bond donors (Lipinski definition) is 1. The normalized spacial score (nSPS) is 11.5. The molecule has 1 rings (SSSR count). The molecule has 0 saturated carbocycles. The van der Waals surface area contributed by atoms with E-state index in [1.807, 2.05) is 30.3 Å². The first kappa shape index (κ1) is 8.27. The minimum absolute atomic E-state index is 0.761. The highest BCUT2D eigenvalue weighted by Gasteiger charge is 1.94. The zero-order valence-corrected chi connectivity index (χ0v) is 7.58. The average Bonchev–Trinajstić information content (AvgIpc) is 2.06. The predicted octanol–water partition coefficient (Wildman–Crippen LogP) is 1.90. The van der Waals surface area contributed by atoms with Crippen LogP contribution in [0.1, 0.15) is 5.56 Å². The Morgan fingerprint density at radius 3 is 2.55 bits per heavy atom. The molecular weight excluding hydrogens is 204 g/mol.